The molecule has 1 heterocycles. The molecule has 0 bridgehead atoms. The highest BCUT2D eigenvalue weighted by Gasteiger charge is 2.16. The summed E-state index contributed by atoms with van der Waals surface area (Å²) in [5.41, 5.74) is 0.480. The summed E-state index contributed by atoms with van der Waals surface area (Å²) in [4.78, 5) is 18.2. The molecule has 0 atom stereocenters. The van der Waals surface area contributed by atoms with E-state index < -0.39 is 0 Å². The molecule has 4 nitrogen and oxygen atoms in total. The van der Waals surface area contributed by atoms with Crippen LogP contribution in [0.4, 0.5) is 0 Å². The lowest BCUT2D eigenvalue weighted by atomic mass is 10.3. The Bertz CT molecular complexity index is 611. The van der Waals surface area contributed by atoms with Crippen molar-refractivity contribution in [3.8, 4) is 5.75 Å². The van der Waals surface area contributed by atoms with Crippen LogP contribution in [-0.4, -0.2) is 28.9 Å². The lowest BCUT2D eigenvalue weighted by Gasteiger charge is -2.16. The van der Waals surface area contributed by atoms with Gasteiger partial charge in [-0.2, -0.15) is 0 Å². The van der Waals surface area contributed by atoms with E-state index in [2.05, 4.69) is 4.98 Å². The molecule has 1 aromatic heterocycles. The van der Waals surface area contributed by atoms with Gasteiger partial charge in [0.1, 0.15) is 23.1 Å². The second-order valence-corrected chi connectivity index (χ2v) is 5.73. The van der Waals surface area contributed by atoms with E-state index in [0.717, 1.165) is 5.01 Å². The van der Waals surface area contributed by atoms with Crippen molar-refractivity contribution in [3.63, 3.8) is 0 Å². The van der Waals surface area contributed by atoms with Crippen molar-refractivity contribution >= 4 is 28.8 Å². The zero-order chi connectivity index (χ0) is 15.2. The van der Waals surface area contributed by atoms with Crippen molar-refractivity contribution in [1.29, 1.82) is 0 Å². The first kappa shape index (κ1) is 15.8. The number of rotatable bonds is 6. The predicted molar refractivity (Wildman–Crippen MR) is 85.1 cm³/mol. The number of hydrogen-bond acceptors (Lipinski definition) is 4. The first-order valence-electron chi connectivity index (χ1n) is 6.76. The number of nitrogens with zero attached hydrogens (tertiary/aromatic N) is 2. The fourth-order valence-corrected chi connectivity index (χ4v) is 2.71. The molecule has 0 fully saturated rings. The summed E-state index contributed by atoms with van der Waals surface area (Å²) >= 11 is 7.32. The molecule has 0 saturated carbocycles. The lowest BCUT2D eigenvalue weighted by Crippen LogP contribution is -2.30. The molecular formula is C15H17ClN2O2S. The molecule has 6 heteroatoms. The van der Waals surface area contributed by atoms with Gasteiger partial charge in [0.2, 0.25) is 0 Å². The third-order valence-electron chi connectivity index (χ3n) is 2.98. The number of carbonyl (C=O) groups excluding carboxylic acids is 1. The maximum atomic E-state index is 12.2. The van der Waals surface area contributed by atoms with E-state index in [1.807, 2.05) is 26.0 Å². The molecule has 0 aliphatic carbocycles. The van der Waals surface area contributed by atoms with Gasteiger partial charge in [-0.05, 0) is 32.0 Å². The Morgan fingerprint density at radius 2 is 2.14 bits per heavy atom. The maximum Gasteiger partial charge on any atom is 0.273 e. The van der Waals surface area contributed by atoms with Crippen LogP contribution >= 0.6 is 22.9 Å². The van der Waals surface area contributed by atoms with Gasteiger partial charge < -0.3 is 9.64 Å². The predicted octanol–water partition coefficient (Wildman–Crippen LogP) is 3.86. The zero-order valence-corrected chi connectivity index (χ0v) is 13.6. The van der Waals surface area contributed by atoms with Gasteiger partial charge in [0.15, 0.2) is 0 Å². The normalized spacial score (nSPS) is 10.4. The summed E-state index contributed by atoms with van der Waals surface area (Å²) in [6, 6.07) is 7.20. The van der Waals surface area contributed by atoms with Crippen LogP contribution in [0, 0.1) is 0 Å². The van der Waals surface area contributed by atoms with Crippen molar-refractivity contribution in [1.82, 2.24) is 9.88 Å². The summed E-state index contributed by atoms with van der Waals surface area (Å²) < 4.78 is 5.62. The Labute approximate surface area is 133 Å². The molecule has 0 unspecified atom stereocenters. The first-order valence-corrected chi connectivity index (χ1v) is 8.01. The van der Waals surface area contributed by atoms with Gasteiger partial charge in [0, 0.05) is 23.5 Å². The van der Waals surface area contributed by atoms with Crippen LogP contribution in [0.2, 0.25) is 5.02 Å². The van der Waals surface area contributed by atoms with Crippen molar-refractivity contribution in [2.24, 2.45) is 0 Å². The minimum Gasteiger partial charge on any atom is -0.486 e. The molecule has 1 amide bonds. The standard InChI is InChI=1S/C15H17ClN2O2S/c1-3-18(4-2)15(19)13-10-21-14(17-13)9-20-12-7-5-6-11(16)8-12/h5-8,10H,3-4,9H2,1-2H3. The van der Waals surface area contributed by atoms with Crippen LogP contribution in [0.15, 0.2) is 29.6 Å². The average Bonchev–Trinajstić information content (AvgIpc) is 2.95. The van der Waals surface area contributed by atoms with E-state index in [1.54, 1.807) is 22.4 Å². The Balaban J connectivity index is 1.98. The third kappa shape index (κ3) is 4.19. The van der Waals surface area contributed by atoms with Crippen LogP contribution in [0.5, 0.6) is 5.75 Å². The molecule has 0 saturated heterocycles. The van der Waals surface area contributed by atoms with E-state index in [0.29, 0.717) is 36.2 Å². The van der Waals surface area contributed by atoms with Crippen molar-refractivity contribution in [3.05, 3.63) is 45.4 Å². The molecule has 0 aliphatic heterocycles. The third-order valence-corrected chi connectivity index (χ3v) is 4.04. The fraction of sp³-hybridized carbons (Fsp3) is 0.333. The van der Waals surface area contributed by atoms with E-state index >= 15 is 0 Å². The fourth-order valence-electron chi connectivity index (χ4n) is 1.85. The molecular weight excluding hydrogens is 308 g/mol. The van der Waals surface area contributed by atoms with Crippen LogP contribution < -0.4 is 4.74 Å². The molecule has 112 valence electrons. The first-order chi connectivity index (χ1) is 10.1. The maximum absolute atomic E-state index is 12.2. The Morgan fingerprint density at radius 1 is 1.38 bits per heavy atom. The highest BCUT2D eigenvalue weighted by atomic mass is 35.5. The van der Waals surface area contributed by atoms with E-state index in [4.69, 9.17) is 16.3 Å². The van der Waals surface area contributed by atoms with Crippen molar-refractivity contribution in [2.45, 2.75) is 20.5 Å². The second kappa shape index (κ2) is 7.43. The minimum atomic E-state index is -0.0368. The number of benzene rings is 1. The van der Waals surface area contributed by atoms with E-state index in [9.17, 15) is 4.79 Å². The van der Waals surface area contributed by atoms with Crippen molar-refractivity contribution in [2.75, 3.05) is 13.1 Å². The van der Waals surface area contributed by atoms with Gasteiger partial charge in [-0.1, -0.05) is 17.7 Å². The highest BCUT2D eigenvalue weighted by molar-refractivity contribution is 7.09. The van der Waals surface area contributed by atoms with Crippen LogP contribution in [0.25, 0.3) is 0 Å². The summed E-state index contributed by atoms with van der Waals surface area (Å²) in [5, 5.41) is 3.17. The number of hydrogen-bond donors (Lipinski definition) is 0. The van der Waals surface area contributed by atoms with Gasteiger partial charge in [0.25, 0.3) is 5.91 Å². The van der Waals surface area contributed by atoms with Crippen LogP contribution in [-0.2, 0) is 6.61 Å². The van der Waals surface area contributed by atoms with Crippen molar-refractivity contribution < 1.29 is 9.53 Å². The topological polar surface area (TPSA) is 42.4 Å². The molecule has 1 aromatic carbocycles. The number of halogens is 1. The minimum absolute atomic E-state index is 0.0368. The summed E-state index contributed by atoms with van der Waals surface area (Å²) in [6.07, 6.45) is 0. The van der Waals surface area contributed by atoms with Crippen LogP contribution in [0.1, 0.15) is 29.3 Å². The smallest absolute Gasteiger partial charge is 0.273 e. The number of amides is 1. The number of carbonyl (C=O) groups is 1. The van der Waals surface area contributed by atoms with Gasteiger partial charge in [-0.25, -0.2) is 4.98 Å². The summed E-state index contributed by atoms with van der Waals surface area (Å²) in [7, 11) is 0. The average molecular weight is 325 g/mol. The number of thiazole rings is 1. The molecule has 2 aromatic rings. The number of ether oxygens (including phenoxy) is 1. The SMILES string of the molecule is CCN(CC)C(=O)c1csc(COc2cccc(Cl)c2)n1. The monoisotopic (exact) mass is 324 g/mol. The second-order valence-electron chi connectivity index (χ2n) is 4.35. The number of aromatic nitrogens is 1. The largest absolute Gasteiger partial charge is 0.486 e. The highest BCUT2D eigenvalue weighted by Crippen LogP contribution is 2.19. The Kier molecular flexibility index (Phi) is 5.59. The molecule has 21 heavy (non-hydrogen) atoms. The Hall–Kier alpha value is -1.59. The lowest BCUT2D eigenvalue weighted by molar-refractivity contribution is 0.0767. The molecule has 0 N–H and O–H groups in total. The van der Waals surface area contributed by atoms with Gasteiger partial charge >= 0.3 is 0 Å². The van der Waals surface area contributed by atoms with E-state index in [1.165, 1.54) is 11.3 Å². The van der Waals surface area contributed by atoms with E-state index in [-0.39, 0.29) is 5.91 Å². The summed E-state index contributed by atoms with van der Waals surface area (Å²) in [5.74, 6) is 0.652. The van der Waals surface area contributed by atoms with Gasteiger partial charge in [-0.15, -0.1) is 11.3 Å². The molecule has 0 spiro atoms. The zero-order valence-electron chi connectivity index (χ0n) is 12.0. The quantitative estimate of drug-likeness (QED) is 0.810. The van der Waals surface area contributed by atoms with Gasteiger partial charge in [-0.3, -0.25) is 4.79 Å². The summed E-state index contributed by atoms with van der Waals surface area (Å²) in [6.45, 7) is 5.60. The Morgan fingerprint density at radius 3 is 2.81 bits per heavy atom. The van der Waals surface area contributed by atoms with Crippen LogP contribution in [0.3, 0.4) is 0 Å². The molecule has 0 radical (unpaired) electrons. The molecule has 0 aliphatic rings. The molecule has 2 rings (SSSR count). The van der Waals surface area contributed by atoms with Gasteiger partial charge in [0.05, 0.1) is 0 Å².